The van der Waals surface area contributed by atoms with E-state index in [1.165, 1.54) is 12.1 Å². The zero-order valence-electron chi connectivity index (χ0n) is 11.3. The Morgan fingerprint density at radius 2 is 1.80 bits per heavy atom. The van der Waals surface area contributed by atoms with Crippen LogP contribution in [0.25, 0.3) is 0 Å². The topological polar surface area (TPSA) is 110 Å². The number of hydrogen-bond donors (Lipinski definition) is 3. The zero-order chi connectivity index (χ0) is 14.8. The fraction of sp³-hybridized carbons (Fsp3) is 0.333. The van der Waals surface area contributed by atoms with Gasteiger partial charge in [-0.15, -0.1) is 0 Å². The summed E-state index contributed by atoms with van der Waals surface area (Å²) in [5, 5.41) is 9.05. The van der Waals surface area contributed by atoms with E-state index in [0.29, 0.717) is 0 Å². The van der Waals surface area contributed by atoms with Crippen LogP contribution in [0.5, 0.6) is 5.75 Å². The average molecular weight is 349 g/mol. The molecule has 1 radical (unpaired) electrons. The van der Waals surface area contributed by atoms with E-state index in [4.69, 9.17) is 15.6 Å². The van der Waals surface area contributed by atoms with Crippen molar-refractivity contribution >= 4 is 21.7 Å². The molecule has 6 nitrogen and oxygen atoms in total. The monoisotopic (exact) mass is 348 g/mol. The van der Waals surface area contributed by atoms with Gasteiger partial charge in [-0.3, -0.25) is 4.79 Å². The van der Waals surface area contributed by atoms with Crippen molar-refractivity contribution in [2.45, 2.75) is 25.9 Å². The van der Waals surface area contributed by atoms with Gasteiger partial charge in [0.05, 0.1) is 0 Å². The van der Waals surface area contributed by atoms with E-state index in [2.05, 4.69) is 4.74 Å². The van der Waals surface area contributed by atoms with Crippen molar-refractivity contribution in [1.82, 2.24) is 0 Å². The number of hydrogen-bond acceptors (Lipinski definition) is 6. The second-order valence-electron chi connectivity index (χ2n) is 3.71. The van der Waals surface area contributed by atoms with Crippen LogP contribution in [0.1, 0.15) is 12.5 Å². The molecule has 0 heterocycles. The maximum Gasteiger partial charge on any atom is 0.330 e. The summed E-state index contributed by atoms with van der Waals surface area (Å²) < 4.78 is 4.36. The molecule has 1 aromatic carbocycles. The third-order valence-corrected chi connectivity index (χ3v) is 1.94. The average Bonchev–Trinajstić information content (AvgIpc) is 2.32. The third kappa shape index (κ3) is 9.71. The van der Waals surface area contributed by atoms with Gasteiger partial charge in [-0.25, -0.2) is 4.79 Å². The minimum absolute atomic E-state index is 0. The largest absolute Gasteiger partial charge is 0.508 e. The summed E-state index contributed by atoms with van der Waals surface area (Å²) >= 11 is 0. The number of phenolic OH excluding ortho intramolecular Hbond substituents is 1. The fourth-order valence-electron chi connectivity index (χ4n) is 1.19. The number of benzene rings is 1. The molecule has 4 N–H and O–H groups in total. The number of phenols is 1. The van der Waals surface area contributed by atoms with Crippen LogP contribution in [0.2, 0.25) is 6.55 Å². The minimum atomic E-state index is -0.881. The molecule has 0 aliphatic carbocycles. The Hall–Kier alpha value is -1.18. The Morgan fingerprint density at radius 1 is 1.35 bits per heavy atom. The number of carbonyl (C=O) groups is 2. The number of nitrogens with two attached hydrogens (primary N) is 1. The molecule has 0 saturated carbocycles. The SMILES string of the molecule is CC(=O)OC(=O)C(N)Cc1ccc(O)cc1.C[SiH2]O.[Cu]. The molecule has 1 rings (SSSR count). The van der Waals surface area contributed by atoms with Gasteiger partial charge >= 0.3 is 11.9 Å². The molecule has 0 aliphatic heterocycles. The first-order chi connectivity index (χ1) is 8.90. The minimum Gasteiger partial charge on any atom is -0.508 e. The Labute approximate surface area is 130 Å². The zero-order valence-corrected chi connectivity index (χ0v) is 13.7. The molecule has 20 heavy (non-hydrogen) atoms. The molecule has 0 spiro atoms. The maximum absolute atomic E-state index is 11.2. The third-order valence-electron chi connectivity index (χ3n) is 1.94. The Kier molecular flexibility index (Phi) is 12.3. The molecule has 0 aliphatic rings. The van der Waals surface area contributed by atoms with Gasteiger partial charge in [0, 0.05) is 24.0 Å². The molecule has 8 heteroatoms. The quantitative estimate of drug-likeness (QED) is 0.384. The molecule has 0 bridgehead atoms. The molecule has 0 fully saturated rings. The van der Waals surface area contributed by atoms with Gasteiger partial charge in [0.2, 0.25) is 0 Å². The molecule has 1 atom stereocenters. The van der Waals surface area contributed by atoms with Crippen molar-refractivity contribution in [1.29, 1.82) is 0 Å². The van der Waals surface area contributed by atoms with Crippen LogP contribution in [-0.2, 0) is 37.8 Å². The van der Waals surface area contributed by atoms with Crippen molar-refractivity contribution < 1.29 is 41.3 Å². The Bertz CT molecular complexity index is 413. The van der Waals surface area contributed by atoms with Crippen LogP contribution in [0.3, 0.4) is 0 Å². The van der Waals surface area contributed by atoms with E-state index in [-0.39, 0.29) is 29.2 Å². The summed E-state index contributed by atoms with van der Waals surface area (Å²) in [7, 11) is -0.583. The summed E-state index contributed by atoms with van der Waals surface area (Å²) in [4.78, 5) is 29.4. The summed E-state index contributed by atoms with van der Waals surface area (Å²) in [5.41, 5.74) is 6.33. The predicted molar refractivity (Wildman–Crippen MR) is 73.2 cm³/mol. The maximum atomic E-state index is 11.2. The predicted octanol–water partition coefficient (Wildman–Crippen LogP) is -0.540. The molecule has 0 aromatic heterocycles. The van der Waals surface area contributed by atoms with E-state index in [1.807, 2.05) is 6.55 Å². The van der Waals surface area contributed by atoms with Crippen LogP contribution in [-0.4, -0.2) is 37.6 Å². The van der Waals surface area contributed by atoms with E-state index < -0.39 is 27.7 Å². The van der Waals surface area contributed by atoms with Crippen molar-refractivity contribution in [3.8, 4) is 5.75 Å². The van der Waals surface area contributed by atoms with Gasteiger partial charge in [-0.1, -0.05) is 18.7 Å². The van der Waals surface area contributed by atoms with Gasteiger partial charge in [0.25, 0.3) is 0 Å². The standard InChI is InChI=1S/C11H13NO4.CH6OSi.Cu/c1-7(13)16-11(15)10(12)6-8-2-4-9(14)5-3-8;1-3-2;/h2-5,10,14H,6,12H2,1H3;2H,3H2,1H3;. The number of aromatic hydroxyl groups is 1. The van der Waals surface area contributed by atoms with E-state index in [1.54, 1.807) is 12.1 Å². The van der Waals surface area contributed by atoms with E-state index >= 15 is 0 Å². The number of rotatable bonds is 3. The molecule has 117 valence electrons. The Balaban J connectivity index is 0. The number of esters is 2. The van der Waals surface area contributed by atoms with Gasteiger partial charge in [-0.05, 0) is 24.1 Å². The first-order valence-corrected chi connectivity index (χ1v) is 7.82. The van der Waals surface area contributed by atoms with Crippen LogP contribution in [0.4, 0.5) is 0 Å². The van der Waals surface area contributed by atoms with Crippen LogP contribution in [0, 0.1) is 0 Å². The van der Waals surface area contributed by atoms with Crippen molar-refractivity contribution in [3.05, 3.63) is 29.8 Å². The Morgan fingerprint density at radius 3 is 2.20 bits per heavy atom. The van der Waals surface area contributed by atoms with Crippen molar-refractivity contribution in [2.24, 2.45) is 5.73 Å². The van der Waals surface area contributed by atoms with Crippen LogP contribution < -0.4 is 5.73 Å². The molecule has 0 amide bonds. The van der Waals surface area contributed by atoms with Crippen molar-refractivity contribution in [3.63, 3.8) is 0 Å². The van der Waals surface area contributed by atoms with E-state index in [0.717, 1.165) is 12.5 Å². The van der Waals surface area contributed by atoms with Crippen LogP contribution in [0.15, 0.2) is 24.3 Å². The molecule has 1 unspecified atom stereocenters. The normalized spacial score (nSPS) is 11.0. The smallest absolute Gasteiger partial charge is 0.330 e. The second-order valence-corrected chi connectivity index (χ2v) is 4.34. The summed E-state index contributed by atoms with van der Waals surface area (Å²) in [5.74, 6) is -1.28. The number of carbonyl (C=O) groups excluding carboxylic acids is 2. The fourth-order valence-corrected chi connectivity index (χ4v) is 1.19. The number of ether oxygens (including phenoxy) is 1. The van der Waals surface area contributed by atoms with Crippen molar-refractivity contribution in [2.75, 3.05) is 0 Å². The van der Waals surface area contributed by atoms with Gasteiger partial charge in [0.15, 0.2) is 9.76 Å². The summed E-state index contributed by atoms with van der Waals surface area (Å²) in [6.45, 7) is 2.96. The molecular formula is C12H19CuNO5Si. The molecule has 1 aromatic rings. The van der Waals surface area contributed by atoms with Gasteiger partial charge in [-0.2, -0.15) is 0 Å². The summed E-state index contributed by atoms with van der Waals surface area (Å²) in [6.07, 6.45) is 0.256. The second kappa shape index (κ2) is 11.6. The molecular weight excluding hydrogens is 330 g/mol. The summed E-state index contributed by atoms with van der Waals surface area (Å²) in [6, 6.07) is 5.41. The van der Waals surface area contributed by atoms with E-state index in [9.17, 15) is 9.59 Å². The first kappa shape index (κ1) is 21.1. The van der Waals surface area contributed by atoms with Gasteiger partial charge < -0.3 is 20.4 Å². The molecule has 0 saturated heterocycles. The first-order valence-electron chi connectivity index (χ1n) is 5.77. The van der Waals surface area contributed by atoms with Crippen LogP contribution >= 0.6 is 0 Å². The van der Waals surface area contributed by atoms with Gasteiger partial charge in [0.1, 0.15) is 11.8 Å².